The predicted octanol–water partition coefficient (Wildman–Crippen LogP) is 4.34. The Labute approximate surface area is 198 Å². The van der Waals surface area contributed by atoms with E-state index in [-0.39, 0.29) is 21.1 Å². The monoisotopic (exact) mass is 595 g/mol. The van der Waals surface area contributed by atoms with E-state index in [0.717, 1.165) is 39.5 Å². The van der Waals surface area contributed by atoms with Crippen molar-refractivity contribution >= 4 is 21.8 Å². The third-order valence-corrected chi connectivity index (χ3v) is 5.14. The van der Waals surface area contributed by atoms with Crippen molar-refractivity contribution in [3.63, 3.8) is 0 Å². The molecule has 6 aromatic rings. The molecule has 0 spiro atoms. The van der Waals surface area contributed by atoms with Gasteiger partial charge in [0.25, 0.3) is 0 Å². The molecule has 0 radical (unpaired) electrons. The Morgan fingerprint density at radius 3 is 2.22 bits per heavy atom. The van der Waals surface area contributed by atoms with Gasteiger partial charge >= 0.3 is 21.1 Å². The van der Waals surface area contributed by atoms with Gasteiger partial charge < -0.3 is 14.3 Å². The molecule has 0 fully saturated rings. The van der Waals surface area contributed by atoms with E-state index in [0.29, 0.717) is 11.6 Å². The molecule has 0 saturated heterocycles. The van der Waals surface area contributed by atoms with E-state index in [9.17, 15) is 0 Å². The molecular weight excluding hydrogens is 579 g/mol. The Bertz CT molecular complexity index is 1490. The van der Waals surface area contributed by atoms with Crippen LogP contribution in [0.15, 0.2) is 85.1 Å². The van der Waals surface area contributed by atoms with E-state index in [2.05, 4.69) is 28.5 Å². The van der Waals surface area contributed by atoms with Crippen LogP contribution in [0.3, 0.4) is 0 Å². The van der Waals surface area contributed by atoms with Crippen molar-refractivity contribution in [3.8, 4) is 11.6 Å². The van der Waals surface area contributed by atoms with E-state index in [4.69, 9.17) is 10.1 Å². The van der Waals surface area contributed by atoms with E-state index >= 15 is 0 Å². The number of benzene rings is 2. The van der Waals surface area contributed by atoms with Gasteiger partial charge in [0.1, 0.15) is 0 Å². The van der Waals surface area contributed by atoms with Gasteiger partial charge in [0.05, 0.1) is 11.6 Å². The number of hydrogen-bond donors (Lipinski definition) is 0. The average molecular weight is 596 g/mol. The van der Waals surface area contributed by atoms with Gasteiger partial charge in [-0.25, -0.2) is 10.2 Å². The van der Waals surface area contributed by atoms with Crippen molar-refractivity contribution in [1.29, 1.82) is 0 Å². The van der Waals surface area contributed by atoms with Gasteiger partial charge in [0.15, 0.2) is 0 Å². The Morgan fingerprint density at radius 1 is 0.688 bits per heavy atom. The molecule has 7 heteroatoms. The molecule has 0 N–H and O–H groups in total. The number of fused-ring (bicyclic) bond motifs is 2. The normalized spacial score (nSPS) is 11.0. The van der Waals surface area contributed by atoms with Crippen molar-refractivity contribution < 1.29 is 21.1 Å². The first kappa shape index (κ1) is 20.3. The van der Waals surface area contributed by atoms with Crippen LogP contribution in [-0.2, 0) is 27.5 Å². The van der Waals surface area contributed by atoms with E-state index < -0.39 is 0 Å². The van der Waals surface area contributed by atoms with Crippen LogP contribution < -0.4 is 0 Å². The average Bonchev–Trinajstić information content (AvgIpc) is 3.45. The zero-order valence-electron chi connectivity index (χ0n) is 16.8. The molecule has 2 aromatic carbocycles. The molecule has 4 aromatic heterocycles. The van der Waals surface area contributed by atoms with Crippen LogP contribution in [0.1, 0.15) is 11.3 Å². The van der Waals surface area contributed by atoms with E-state index in [1.54, 1.807) is 9.36 Å². The van der Waals surface area contributed by atoms with Crippen LogP contribution >= 0.6 is 0 Å². The number of pyridine rings is 2. The minimum absolute atomic E-state index is 0. The van der Waals surface area contributed by atoms with Gasteiger partial charge in [0.2, 0.25) is 0 Å². The largest absolute Gasteiger partial charge is 2.00 e. The Hall–Kier alpha value is -3.63. The van der Waals surface area contributed by atoms with Gasteiger partial charge in [0, 0.05) is 22.9 Å². The maximum absolute atomic E-state index is 4.74. The molecule has 0 aliphatic heterocycles. The molecule has 0 atom stereocenters. The first-order valence-corrected chi connectivity index (χ1v) is 9.98. The smallest absolute Gasteiger partial charge is 0.312 e. The molecule has 6 nitrogen and oxygen atoms in total. The summed E-state index contributed by atoms with van der Waals surface area (Å²) in [4.78, 5) is 9.19. The zero-order valence-corrected chi connectivity index (χ0v) is 19.1. The summed E-state index contributed by atoms with van der Waals surface area (Å²) in [7, 11) is 0. The summed E-state index contributed by atoms with van der Waals surface area (Å²) < 4.78 is 3.36. The molecule has 0 bridgehead atoms. The maximum atomic E-state index is 4.74. The minimum atomic E-state index is 0. The summed E-state index contributed by atoms with van der Waals surface area (Å²) >= 11 is 0. The van der Waals surface area contributed by atoms with Crippen LogP contribution in [-0.4, -0.2) is 29.5 Å². The fourth-order valence-corrected chi connectivity index (χ4v) is 3.65. The zero-order chi connectivity index (χ0) is 20.6. The number of rotatable bonds is 4. The molecule has 6 rings (SSSR count). The van der Waals surface area contributed by atoms with Crippen LogP contribution in [0.25, 0.3) is 33.4 Å². The van der Waals surface area contributed by atoms with Crippen molar-refractivity contribution in [3.05, 3.63) is 109 Å². The molecule has 156 valence electrons. The molecule has 32 heavy (non-hydrogen) atoms. The first-order chi connectivity index (χ1) is 15.3. The van der Waals surface area contributed by atoms with Crippen molar-refractivity contribution in [2.75, 3.05) is 0 Å². The number of nitrogens with zero attached hydrogens (tertiary/aromatic N) is 6. The summed E-state index contributed by atoms with van der Waals surface area (Å²) in [6.45, 7) is 0. The van der Waals surface area contributed by atoms with Gasteiger partial charge in [-0.05, 0) is 30.9 Å². The number of hydrogen-bond acceptors (Lipinski definition) is 4. The topological polar surface area (TPSA) is 61.4 Å². The maximum Gasteiger partial charge on any atom is 2.00 e. The summed E-state index contributed by atoms with van der Waals surface area (Å²) in [6.07, 6.45) is 9.17. The van der Waals surface area contributed by atoms with Crippen LogP contribution in [0.2, 0.25) is 0 Å². The Morgan fingerprint density at radius 2 is 1.41 bits per heavy atom. The van der Waals surface area contributed by atoms with Gasteiger partial charge in [-0.1, -0.05) is 53.9 Å². The minimum Gasteiger partial charge on any atom is -0.312 e. The standard InChI is InChI=1S/C25H16N6.Pt/c1-2-10-22-19(7-1)16-30(28-22)24-12-6-13-25(27-24)31-17-21-18(8-5-11-23(21)29-31)15-20-9-3-4-14-26-20;/h1-14H,15H2;/q-2;+2. The molecule has 0 saturated carbocycles. The van der Waals surface area contributed by atoms with Gasteiger partial charge in [-0.3, -0.25) is 4.98 Å². The Balaban J connectivity index is 0.00000216. The number of aromatic nitrogens is 6. The SMILES string of the molecule is [Pt+2].[c-]1c2ccccc2nn1-c1cccc(-n2[c-]c3c(Cc4ccccn4)cccc3n2)n1. The second-order valence-corrected chi connectivity index (χ2v) is 7.23. The molecule has 0 unspecified atom stereocenters. The third kappa shape index (κ3) is 3.74. The van der Waals surface area contributed by atoms with Crippen LogP contribution in [0.5, 0.6) is 0 Å². The second kappa shape index (κ2) is 8.48. The molecule has 0 aliphatic carbocycles. The van der Waals surface area contributed by atoms with Crippen molar-refractivity contribution in [1.82, 2.24) is 29.5 Å². The second-order valence-electron chi connectivity index (χ2n) is 7.23. The first-order valence-electron chi connectivity index (χ1n) is 9.98. The summed E-state index contributed by atoms with van der Waals surface area (Å²) in [5.74, 6) is 1.35. The molecular formula is C25H16N6Pt. The summed E-state index contributed by atoms with van der Waals surface area (Å²) in [5.41, 5.74) is 3.89. The van der Waals surface area contributed by atoms with Crippen molar-refractivity contribution in [2.24, 2.45) is 0 Å². The van der Waals surface area contributed by atoms with E-state index in [1.807, 2.05) is 79.0 Å². The predicted molar refractivity (Wildman–Crippen MR) is 118 cm³/mol. The summed E-state index contributed by atoms with van der Waals surface area (Å²) in [6, 6.07) is 25.7. The van der Waals surface area contributed by atoms with Gasteiger partial charge in [-0.2, -0.15) is 0 Å². The fourth-order valence-electron chi connectivity index (χ4n) is 3.65. The molecule has 4 heterocycles. The van der Waals surface area contributed by atoms with Crippen LogP contribution in [0, 0.1) is 12.4 Å². The fraction of sp³-hybridized carbons (Fsp3) is 0.0400. The van der Waals surface area contributed by atoms with Gasteiger partial charge in [-0.15, -0.1) is 29.1 Å². The van der Waals surface area contributed by atoms with Crippen LogP contribution in [0.4, 0.5) is 0 Å². The Kier molecular flexibility index (Phi) is 5.37. The summed E-state index contributed by atoms with van der Waals surface area (Å²) in [5, 5.41) is 11.2. The molecule has 0 aliphatic rings. The third-order valence-electron chi connectivity index (χ3n) is 5.14. The van der Waals surface area contributed by atoms with Crippen molar-refractivity contribution in [2.45, 2.75) is 6.42 Å². The van der Waals surface area contributed by atoms with E-state index in [1.165, 1.54) is 0 Å². The quantitative estimate of drug-likeness (QED) is 0.285. The molecule has 0 amide bonds.